The highest BCUT2D eigenvalue weighted by Gasteiger charge is 2.44. The van der Waals surface area contributed by atoms with Crippen molar-refractivity contribution in [1.29, 1.82) is 0 Å². The predicted molar refractivity (Wildman–Crippen MR) is 203 cm³/mol. The molecule has 0 radical (unpaired) electrons. The van der Waals surface area contributed by atoms with Crippen molar-refractivity contribution in [3.8, 4) is 0 Å². The van der Waals surface area contributed by atoms with Crippen LogP contribution < -0.4 is 26.5 Å². The lowest BCUT2D eigenvalue weighted by atomic mass is 10.1. The number of rotatable bonds is 23. The number of unbranched alkanes of at least 4 members (excludes halogenated alkanes) is 1. The molecule has 0 spiro atoms. The molecule has 0 heterocycles. The summed E-state index contributed by atoms with van der Waals surface area (Å²) in [6, 6.07) is 29.3. The van der Waals surface area contributed by atoms with Gasteiger partial charge >= 0.3 is 11.9 Å². The molecule has 0 aliphatic heterocycles. The third-order valence-corrected chi connectivity index (χ3v) is 13.3. The normalized spacial score (nSPS) is 12.2. The number of carbonyl (C=O) groups is 5. The number of amides is 2. The summed E-state index contributed by atoms with van der Waals surface area (Å²) in [5.74, 6) is -2.68. The Morgan fingerprint density at radius 2 is 1.18 bits per heavy atom. The van der Waals surface area contributed by atoms with E-state index in [1.54, 1.807) is 13.8 Å². The van der Waals surface area contributed by atoms with Gasteiger partial charge in [0.25, 0.3) is 0 Å². The Morgan fingerprint density at radius 3 is 1.69 bits per heavy atom. The number of esters is 2. The van der Waals surface area contributed by atoms with Crippen LogP contribution in [0.3, 0.4) is 0 Å². The number of Topliss-reactive ketones (excluding diaryl/α,β-unsaturated/α-hetero) is 1. The Hall–Kier alpha value is -4.41. The molecule has 0 bridgehead atoms. The third kappa shape index (κ3) is 13.0. The Bertz CT molecular complexity index is 1470. The first-order chi connectivity index (χ1) is 24.7. The molecule has 2 atom stereocenters. The first-order valence-corrected chi connectivity index (χ1v) is 20.1. The maximum absolute atomic E-state index is 13.2. The summed E-state index contributed by atoms with van der Waals surface area (Å²) in [5.41, 5.74) is 0. The number of ether oxygens (including phenoxy) is 2. The van der Waals surface area contributed by atoms with Crippen LogP contribution in [0, 0.1) is 4.91 Å². The fourth-order valence-corrected chi connectivity index (χ4v) is 10.7. The fourth-order valence-electron chi connectivity index (χ4n) is 5.77. The Balaban J connectivity index is 1.63. The lowest BCUT2D eigenvalue weighted by molar-refractivity contribution is -0.147. The van der Waals surface area contributed by atoms with Crippen molar-refractivity contribution in [3.63, 3.8) is 0 Å². The van der Waals surface area contributed by atoms with Crippen molar-refractivity contribution in [2.75, 3.05) is 25.1 Å². The molecule has 13 heteroatoms. The number of hydrogen-bond acceptors (Lipinski definition) is 10. The van der Waals surface area contributed by atoms with Crippen LogP contribution in [-0.2, 0) is 33.4 Å². The number of hydrogen-bond donors (Lipinski definition) is 2. The second kappa shape index (κ2) is 22.4. The van der Waals surface area contributed by atoms with E-state index in [2.05, 4.69) is 88.0 Å². The highest BCUT2D eigenvalue weighted by Crippen LogP contribution is 2.55. The van der Waals surface area contributed by atoms with Crippen LogP contribution in [-0.4, -0.2) is 66.7 Å². The summed E-state index contributed by atoms with van der Waals surface area (Å²) in [6.45, 7) is 3.57. The lowest BCUT2D eigenvalue weighted by Gasteiger charge is -2.27. The smallest absolute Gasteiger partial charge is 0.328 e. The molecule has 3 rings (SSSR count). The van der Waals surface area contributed by atoms with Crippen molar-refractivity contribution in [1.82, 2.24) is 10.6 Å². The number of nitroso groups, excluding NO2 is 1. The average Bonchev–Trinajstić information content (AvgIpc) is 3.15. The summed E-state index contributed by atoms with van der Waals surface area (Å²) in [6.07, 6.45) is 1.73. The molecule has 0 unspecified atom stereocenters. The van der Waals surface area contributed by atoms with E-state index in [0.717, 1.165) is 12.6 Å². The fraction of sp³-hybridized carbons (Fsp3) is 0.395. The molecular formula is C38H47N3O8PS+. The zero-order valence-electron chi connectivity index (χ0n) is 29.2. The standard InChI is InChI=1S/C38H46N3O8PS/c1-3-48-37(45)26-24-34(42)33(28-51-41-47)40-36(44)25-23-32(38(46)49-4-2)39-35(43)22-14-15-27-50(29-16-8-5-9-17-29,30-18-10-6-11-19-30)31-20-12-7-13-21-31/h5-13,16-21,32-33H,3-4,14-15,22-28H2,1-2H3,(H-,39,40,43,44)/p+1/t32-,33-/m0/s1. The molecule has 0 aliphatic rings. The van der Waals surface area contributed by atoms with Gasteiger partial charge in [-0.3, -0.25) is 19.2 Å². The molecular weight excluding hydrogens is 689 g/mol. The largest absolute Gasteiger partial charge is 0.466 e. The van der Waals surface area contributed by atoms with Gasteiger partial charge in [-0.25, -0.2) is 4.79 Å². The molecule has 272 valence electrons. The molecule has 0 fully saturated rings. The van der Waals surface area contributed by atoms with Crippen LogP contribution in [0.4, 0.5) is 0 Å². The minimum atomic E-state index is -2.05. The van der Waals surface area contributed by atoms with E-state index < -0.39 is 43.0 Å². The maximum Gasteiger partial charge on any atom is 0.328 e. The first-order valence-electron chi connectivity index (χ1n) is 17.2. The van der Waals surface area contributed by atoms with E-state index in [1.165, 1.54) is 15.9 Å². The summed E-state index contributed by atoms with van der Waals surface area (Å²) in [4.78, 5) is 73.9. The van der Waals surface area contributed by atoms with Crippen molar-refractivity contribution < 1.29 is 33.4 Å². The number of benzene rings is 3. The van der Waals surface area contributed by atoms with Crippen molar-refractivity contribution in [2.45, 2.75) is 70.9 Å². The Labute approximate surface area is 304 Å². The van der Waals surface area contributed by atoms with Crippen LogP contribution in [0.25, 0.3) is 0 Å². The molecule has 2 amide bonds. The number of nitrogens with zero attached hydrogens (tertiary/aromatic N) is 1. The Kier molecular flexibility index (Phi) is 18.0. The number of carbonyl (C=O) groups excluding carboxylic acids is 5. The summed E-state index contributed by atoms with van der Waals surface area (Å²) >= 11 is 0.571. The zero-order valence-corrected chi connectivity index (χ0v) is 30.9. The molecule has 0 aliphatic carbocycles. The monoisotopic (exact) mass is 736 g/mol. The quantitative estimate of drug-likeness (QED) is 0.0460. The van der Waals surface area contributed by atoms with E-state index >= 15 is 0 Å². The average molecular weight is 737 g/mol. The van der Waals surface area contributed by atoms with Crippen molar-refractivity contribution >= 4 is 64.7 Å². The number of nitrogens with one attached hydrogen (secondary N) is 2. The van der Waals surface area contributed by atoms with Crippen LogP contribution in [0.5, 0.6) is 0 Å². The van der Waals surface area contributed by atoms with Crippen LogP contribution in [0.15, 0.2) is 95.6 Å². The molecule has 3 aromatic rings. The Morgan fingerprint density at radius 1 is 0.667 bits per heavy atom. The van der Waals surface area contributed by atoms with Gasteiger partial charge in [0.2, 0.25) is 11.8 Å². The van der Waals surface area contributed by atoms with Crippen molar-refractivity contribution in [2.24, 2.45) is 4.58 Å². The summed E-state index contributed by atoms with van der Waals surface area (Å²) in [7, 11) is -2.05. The summed E-state index contributed by atoms with van der Waals surface area (Å²) < 4.78 is 12.7. The SMILES string of the molecule is CCOC(=O)CCC(=O)[C@H](CSN=O)NC(=O)CC[C@H](NC(=O)CCCC[P+](c1ccccc1)(c1ccccc1)c1ccccc1)C(=O)OCC. The predicted octanol–water partition coefficient (Wildman–Crippen LogP) is 4.79. The highest BCUT2D eigenvalue weighted by molar-refractivity contribution is 7.98. The van der Waals surface area contributed by atoms with Gasteiger partial charge in [-0.2, -0.15) is 0 Å². The highest BCUT2D eigenvalue weighted by atomic mass is 32.2. The van der Waals surface area contributed by atoms with Gasteiger partial charge in [-0.1, -0.05) is 54.6 Å². The van der Waals surface area contributed by atoms with Gasteiger partial charge in [0, 0.05) is 41.5 Å². The minimum absolute atomic E-state index is 0.0656. The van der Waals surface area contributed by atoms with Gasteiger partial charge in [0.1, 0.15) is 29.2 Å². The third-order valence-electron chi connectivity index (χ3n) is 8.20. The zero-order chi connectivity index (χ0) is 36.9. The van der Waals surface area contributed by atoms with Gasteiger partial charge in [0.05, 0.1) is 31.8 Å². The van der Waals surface area contributed by atoms with E-state index in [1.807, 2.05) is 18.2 Å². The molecule has 0 saturated heterocycles. The van der Waals surface area contributed by atoms with Gasteiger partial charge in [-0.15, -0.1) is 4.91 Å². The number of ketones is 1. The van der Waals surface area contributed by atoms with Gasteiger partial charge < -0.3 is 20.1 Å². The molecule has 11 nitrogen and oxygen atoms in total. The second-order valence-corrected chi connectivity index (χ2v) is 16.0. The van der Waals surface area contributed by atoms with E-state index in [4.69, 9.17) is 9.47 Å². The van der Waals surface area contributed by atoms with Crippen molar-refractivity contribution in [3.05, 3.63) is 95.9 Å². The topological polar surface area (TPSA) is 157 Å². The van der Waals surface area contributed by atoms with Crippen LogP contribution in [0.1, 0.15) is 58.8 Å². The van der Waals surface area contributed by atoms with E-state index in [9.17, 15) is 28.9 Å². The van der Waals surface area contributed by atoms with E-state index in [0.29, 0.717) is 18.4 Å². The van der Waals surface area contributed by atoms with Crippen LogP contribution >= 0.6 is 19.2 Å². The lowest BCUT2D eigenvalue weighted by Crippen LogP contribution is -2.45. The molecule has 0 aromatic heterocycles. The maximum atomic E-state index is 13.2. The molecule has 3 aromatic carbocycles. The minimum Gasteiger partial charge on any atom is -0.466 e. The van der Waals surface area contributed by atoms with Crippen LogP contribution in [0.2, 0.25) is 0 Å². The van der Waals surface area contributed by atoms with Gasteiger partial charge in [0.15, 0.2) is 5.78 Å². The molecule has 2 N–H and O–H groups in total. The summed E-state index contributed by atoms with van der Waals surface area (Å²) in [5, 5.41) is 9.08. The molecule has 0 saturated carbocycles. The van der Waals surface area contributed by atoms with Gasteiger partial charge in [-0.05, 0) is 69.5 Å². The van der Waals surface area contributed by atoms with E-state index in [-0.39, 0.29) is 57.0 Å². The molecule has 51 heavy (non-hydrogen) atoms. The second-order valence-electron chi connectivity index (χ2n) is 11.7. The first kappa shape index (κ1) is 41.0.